The van der Waals surface area contributed by atoms with Crippen molar-refractivity contribution in [3.05, 3.63) is 46.7 Å². The van der Waals surface area contributed by atoms with Gasteiger partial charge < -0.3 is 10.2 Å². The van der Waals surface area contributed by atoms with Gasteiger partial charge in [-0.25, -0.2) is 0 Å². The van der Waals surface area contributed by atoms with E-state index in [0.29, 0.717) is 17.0 Å². The summed E-state index contributed by atoms with van der Waals surface area (Å²) in [5.41, 5.74) is 1.55. The van der Waals surface area contributed by atoms with Crippen LogP contribution in [0, 0.1) is 0 Å². The van der Waals surface area contributed by atoms with E-state index in [-0.39, 0.29) is 11.8 Å². The van der Waals surface area contributed by atoms with Gasteiger partial charge in [-0.2, -0.15) is 0 Å². The van der Waals surface area contributed by atoms with Crippen molar-refractivity contribution in [2.75, 3.05) is 16.8 Å². The Morgan fingerprint density at radius 2 is 2.15 bits per heavy atom. The first-order valence-electron chi connectivity index (χ1n) is 6.49. The van der Waals surface area contributed by atoms with Gasteiger partial charge in [0.05, 0.1) is 4.88 Å². The Morgan fingerprint density at radius 3 is 2.85 bits per heavy atom. The Balaban J connectivity index is 1.78. The van der Waals surface area contributed by atoms with Gasteiger partial charge in [0.1, 0.15) is 0 Å². The Hall–Kier alpha value is -2.14. The maximum absolute atomic E-state index is 12.0. The Labute approximate surface area is 121 Å². The second-order valence-corrected chi connectivity index (χ2v) is 5.58. The van der Waals surface area contributed by atoms with Gasteiger partial charge in [0.15, 0.2) is 0 Å². The number of anilines is 2. The molecule has 5 heteroatoms. The van der Waals surface area contributed by atoms with Crippen LogP contribution < -0.4 is 10.2 Å². The molecule has 3 rings (SSSR count). The van der Waals surface area contributed by atoms with Crippen LogP contribution >= 0.6 is 11.3 Å². The van der Waals surface area contributed by atoms with Crippen LogP contribution in [-0.4, -0.2) is 18.4 Å². The molecular weight excluding hydrogens is 272 g/mol. The van der Waals surface area contributed by atoms with Crippen molar-refractivity contribution in [1.82, 2.24) is 0 Å². The lowest BCUT2D eigenvalue weighted by Gasteiger charge is -2.16. The van der Waals surface area contributed by atoms with Gasteiger partial charge in [-0.05, 0) is 36.1 Å². The average molecular weight is 286 g/mol. The molecule has 2 heterocycles. The molecule has 1 saturated heterocycles. The van der Waals surface area contributed by atoms with Crippen LogP contribution in [0.1, 0.15) is 22.5 Å². The van der Waals surface area contributed by atoms with E-state index in [4.69, 9.17) is 0 Å². The van der Waals surface area contributed by atoms with Crippen molar-refractivity contribution in [3.63, 3.8) is 0 Å². The van der Waals surface area contributed by atoms with Crippen LogP contribution in [0.2, 0.25) is 0 Å². The minimum atomic E-state index is -0.120. The lowest BCUT2D eigenvalue weighted by Crippen LogP contribution is -2.23. The Bertz CT molecular complexity index is 637. The molecule has 20 heavy (non-hydrogen) atoms. The first-order chi connectivity index (χ1) is 9.74. The fourth-order valence-corrected chi connectivity index (χ4v) is 2.89. The molecular formula is C15H14N2O2S. The molecule has 1 aliphatic rings. The zero-order valence-corrected chi connectivity index (χ0v) is 11.7. The number of hydrogen-bond donors (Lipinski definition) is 1. The third-order valence-electron chi connectivity index (χ3n) is 3.23. The molecule has 0 unspecified atom stereocenters. The summed E-state index contributed by atoms with van der Waals surface area (Å²) in [6.07, 6.45) is 1.50. The molecule has 1 fully saturated rings. The summed E-state index contributed by atoms with van der Waals surface area (Å²) in [4.78, 5) is 26.2. The molecule has 0 saturated carbocycles. The van der Waals surface area contributed by atoms with Crippen LogP contribution in [0.5, 0.6) is 0 Å². The number of thiophene rings is 1. The molecule has 4 nitrogen and oxygen atoms in total. The number of carbonyl (C=O) groups excluding carboxylic acids is 2. The number of hydrogen-bond acceptors (Lipinski definition) is 3. The Morgan fingerprint density at radius 1 is 1.25 bits per heavy atom. The molecule has 1 N–H and O–H groups in total. The quantitative estimate of drug-likeness (QED) is 0.942. The van der Waals surface area contributed by atoms with Crippen LogP contribution in [0.15, 0.2) is 41.8 Å². The number of carbonyl (C=O) groups is 2. The monoisotopic (exact) mass is 286 g/mol. The SMILES string of the molecule is O=C(Nc1cccc(N2CCCC2=O)c1)c1cccs1. The minimum absolute atomic E-state index is 0.120. The molecule has 2 amide bonds. The number of nitrogens with zero attached hydrogens (tertiary/aromatic N) is 1. The zero-order chi connectivity index (χ0) is 13.9. The van der Waals surface area contributed by atoms with Crippen LogP contribution in [0.4, 0.5) is 11.4 Å². The van der Waals surface area contributed by atoms with Gasteiger partial charge in [0.25, 0.3) is 5.91 Å². The molecule has 0 radical (unpaired) electrons. The van der Waals surface area contributed by atoms with E-state index in [1.54, 1.807) is 11.0 Å². The van der Waals surface area contributed by atoms with Gasteiger partial charge in [-0.3, -0.25) is 9.59 Å². The van der Waals surface area contributed by atoms with Crippen molar-refractivity contribution >= 4 is 34.5 Å². The fourth-order valence-electron chi connectivity index (χ4n) is 2.27. The van der Waals surface area contributed by atoms with E-state index in [9.17, 15) is 9.59 Å². The smallest absolute Gasteiger partial charge is 0.265 e. The minimum Gasteiger partial charge on any atom is -0.321 e. The van der Waals surface area contributed by atoms with Gasteiger partial charge in [-0.15, -0.1) is 11.3 Å². The van der Waals surface area contributed by atoms with E-state index in [2.05, 4.69) is 5.32 Å². The topological polar surface area (TPSA) is 49.4 Å². The molecule has 102 valence electrons. The third-order valence-corrected chi connectivity index (χ3v) is 4.10. The summed E-state index contributed by atoms with van der Waals surface area (Å²) >= 11 is 1.40. The van der Waals surface area contributed by atoms with Crippen LogP contribution in [0.25, 0.3) is 0 Å². The third kappa shape index (κ3) is 2.58. The van der Waals surface area contributed by atoms with Gasteiger partial charge >= 0.3 is 0 Å². The predicted molar refractivity (Wildman–Crippen MR) is 80.3 cm³/mol. The van der Waals surface area contributed by atoms with Crippen molar-refractivity contribution in [2.45, 2.75) is 12.8 Å². The summed E-state index contributed by atoms with van der Waals surface area (Å²) in [6.45, 7) is 0.751. The van der Waals surface area contributed by atoms with Gasteiger partial charge in [0.2, 0.25) is 5.91 Å². The lowest BCUT2D eigenvalue weighted by atomic mass is 10.2. The number of rotatable bonds is 3. The van der Waals surface area contributed by atoms with Crippen molar-refractivity contribution in [1.29, 1.82) is 0 Å². The summed E-state index contributed by atoms with van der Waals surface area (Å²) < 4.78 is 0. The molecule has 0 spiro atoms. The fraction of sp³-hybridized carbons (Fsp3) is 0.200. The van der Waals surface area contributed by atoms with E-state index in [0.717, 1.165) is 18.7 Å². The van der Waals surface area contributed by atoms with E-state index in [1.807, 2.05) is 35.7 Å². The summed E-state index contributed by atoms with van der Waals surface area (Å²) in [7, 11) is 0. The average Bonchev–Trinajstić information content (AvgIpc) is 3.10. The maximum atomic E-state index is 12.0. The standard InChI is InChI=1S/C15H14N2O2S/c18-14-7-2-8-17(14)12-5-1-4-11(10-12)16-15(19)13-6-3-9-20-13/h1,3-6,9-10H,2,7-8H2,(H,16,19). The highest BCUT2D eigenvalue weighted by Crippen LogP contribution is 2.24. The second kappa shape index (κ2) is 5.46. The van der Waals surface area contributed by atoms with E-state index < -0.39 is 0 Å². The molecule has 0 bridgehead atoms. The zero-order valence-electron chi connectivity index (χ0n) is 10.8. The lowest BCUT2D eigenvalue weighted by molar-refractivity contribution is -0.117. The normalized spacial score (nSPS) is 14.6. The first kappa shape index (κ1) is 12.9. The number of benzene rings is 1. The highest BCUT2D eigenvalue weighted by atomic mass is 32.1. The first-order valence-corrected chi connectivity index (χ1v) is 7.37. The number of nitrogens with one attached hydrogen (secondary N) is 1. The van der Waals surface area contributed by atoms with E-state index >= 15 is 0 Å². The predicted octanol–water partition coefficient (Wildman–Crippen LogP) is 3.13. The van der Waals surface area contributed by atoms with Crippen LogP contribution in [-0.2, 0) is 4.79 Å². The van der Waals surface area contributed by atoms with Gasteiger partial charge in [-0.1, -0.05) is 12.1 Å². The number of amides is 2. The van der Waals surface area contributed by atoms with Crippen molar-refractivity contribution in [2.24, 2.45) is 0 Å². The molecule has 1 aromatic heterocycles. The largest absolute Gasteiger partial charge is 0.321 e. The van der Waals surface area contributed by atoms with Crippen LogP contribution in [0.3, 0.4) is 0 Å². The van der Waals surface area contributed by atoms with Gasteiger partial charge in [0, 0.05) is 24.3 Å². The highest BCUT2D eigenvalue weighted by Gasteiger charge is 2.21. The Kier molecular flexibility index (Phi) is 3.52. The van der Waals surface area contributed by atoms with E-state index in [1.165, 1.54) is 11.3 Å². The summed E-state index contributed by atoms with van der Waals surface area (Å²) in [5.74, 6) is 0.0247. The molecule has 0 aliphatic carbocycles. The molecule has 1 aromatic carbocycles. The maximum Gasteiger partial charge on any atom is 0.265 e. The summed E-state index contributed by atoms with van der Waals surface area (Å²) in [5, 5.41) is 4.73. The van der Waals surface area contributed by atoms with Crippen molar-refractivity contribution in [3.8, 4) is 0 Å². The molecule has 2 aromatic rings. The summed E-state index contributed by atoms with van der Waals surface area (Å²) in [6, 6.07) is 11.0. The molecule has 1 aliphatic heterocycles. The molecule has 0 atom stereocenters. The highest BCUT2D eigenvalue weighted by molar-refractivity contribution is 7.12. The van der Waals surface area contributed by atoms with Crippen molar-refractivity contribution < 1.29 is 9.59 Å². The second-order valence-electron chi connectivity index (χ2n) is 4.63.